The minimum Gasteiger partial charge on any atom is -0.370 e. The third-order valence-corrected chi connectivity index (χ3v) is 4.91. The highest BCUT2D eigenvalue weighted by Gasteiger charge is 2.25. The van der Waals surface area contributed by atoms with Crippen molar-refractivity contribution >= 4 is 40.8 Å². The number of nitrogens with one attached hydrogen (secondary N) is 1. The van der Waals surface area contributed by atoms with Crippen LogP contribution in [0.5, 0.6) is 0 Å². The van der Waals surface area contributed by atoms with E-state index in [1.165, 1.54) is 0 Å². The van der Waals surface area contributed by atoms with Crippen LogP contribution in [0.2, 0.25) is 0 Å². The first-order valence-electron chi connectivity index (χ1n) is 9.70. The van der Waals surface area contributed by atoms with E-state index in [0.29, 0.717) is 13.2 Å². The number of halogens is 1. The van der Waals surface area contributed by atoms with Crippen molar-refractivity contribution in [3.05, 3.63) is 60.0 Å². The van der Waals surface area contributed by atoms with Gasteiger partial charge in [0.15, 0.2) is 5.96 Å². The molecule has 1 aliphatic rings. The zero-order valence-electron chi connectivity index (χ0n) is 16.8. The second-order valence-electron chi connectivity index (χ2n) is 6.92. The Bertz CT molecular complexity index is 967. The van der Waals surface area contributed by atoms with Crippen LogP contribution >= 0.6 is 24.0 Å². The molecule has 0 aliphatic carbocycles. The molecule has 29 heavy (non-hydrogen) atoms. The Kier molecular flexibility index (Phi) is 7.43. The summed E-state index contributed by atoms with van der Waals surface area (Å²) in [5.41, 5.74) is 3.24. The summed E-state index contributed by atoms with van der Waals surface area (Å²) in [4.78, 5) is 11.7. The molecule has 3 heterocycles. The van der Waals surface area contributed by atoms with Crippen LogP contribution in [0.1, 0.15) is 24.2 Å². The quantitative estimate of drug-likeness (QED) is 0.335. The molecule has 1 unspecified atom stereocenters. The van der Waals surface area contributed by atoms with Gasteiger partial charge in [-0.05, 0) is 18.6 Å². The number of pyridine rings is 1. The number of benzene rings is 1. The molecule has 4 rings (SSSR count). The summed E-state index contributed by atoms with van der Waals surface area (Å²) in [5, 5.41) is 8.84. The van der Waals surface area contributed by atoms with E-state index in [4.69, 9.17) is 9.73 Å². The maximum absolute atomic E-state index is 5.97. The van der Waals surface area contributed by atoms with Crippen molar-refractivity contribution in [2.75, 3.05) is 26.2 Å². The van der Waals surface area contributed by atoms with Crippen LogP contribution in [0.25, 0.3) is 10.9 Å². The molecule has 1 N–H and O–H groups in total. The molecule has 1 atom stereocenters. The number of aliphatic imine (C=N–C) groups is 1. The minimum absolute atomic E-state index is 0. The molecular formula is C21H27IN6O. The Morgan fingerprint density at radius 2 is 2.17 bits per heavy atom. The minimum atomic E-state index is 0. The maximum Gasteiger partial charge on any atom is 0.194 e. The Hall–Kier alpha value is -2.20. The summed E-state index contributed by atoms with van der Waals surface area (Å²) in [7, 11) is 1.92. The van der Waals surface area contributed by atoms with Crippen molar-refractivity contribution in [1.29, 1.82) is 0 Å². The maximum atomic E-state index is 5.97. The van der Waals surface area contributed by atoms with Gasteiger partial charge >= 0.3 is 0 Å². The highest BCUT2D eigenvalue weighted by Crippen LogP contribution is 2.22. The van der Waals surface area contributed by atoms with Crippen LogP contribution in [0, 0.1) is 0 Å². The number of fused-ring (bicyclic) bond motifs is 1. The third-order valence-electron chi connectivity index (χ3n) is 4.91. The fourth-order valence-corrected chi connectivity index (χ4v) is 3.53. The van der Waals surface area contributed by atoms with Gasteiger partial charge in [0.05, 0.1) is 31.4 Å². The first-order chi connectivity index (χ1) is 13.7. The molecule has 2 aromatic heterocycles. The van der Waals surface area contributed by atoms with Crippen LogP contribution in [0.3, 0.4) is 0 Å². The number of guanidine groups is 1. The fourth-order valence-electron chi connectivity index (χ4n) is 3.53. The van der Waals surface area contributed by atoms with Crippen LogP contribution in [0.4, 0.5) is 0 Å². The zero-order chi connectivity index (χ0) is 19.3. The van der Waals surface area contributed by atoms with E-state index < -0.39 is 0 Å². The van der Waals surface area contributed by atoms with Gasteiger partial charge in [-0.15, -0.1) is 24.0 Å². The Morgan fingerprint density at radius 3 is 2.97 bits per heavy atom. The van der Waals surface area contributed by atoms with Crippen molar-refractivity contribution in [3.8, 4) is 0 Å². The van der Waals surface area contributed by atoms with Gasteiger partial charge in [0.2, 0.25) is 0 Å². The van der Waals surface area contributed by atoms with Crippen molar-refractivity contribution in [3.63, 3.8) is 0 Å². The summed E-state index contributed by atoms with van der Waals surface area (Å²) in [6, 6.07) is 10.3. The van der Waals surface area contributed by atoms with Crippen molar-refractivity contribution in [2.45, 2.75) is 19.6 Å². The highest BCUT2D eigenvalue weighted by atomic mass is 127. The van der Waals surface area contributed by atoms with Gasteiger partial charge in [0, 0.05) is 43.5 Å². The summed E-state index contributed by atoms with van der Waals surface area (Å²) >= 11 is 0. The largest absolute Gasteiger partial charge is 0.370 e. The van der Waals surface area contributed by atoms with Gasteiger partial charge in [0.25, 0.3) is 0 Å². The molecule has 0 spiro atoms. The fraction of sp³-hybridized carbons (Fsp3) is 0.381. The smallest absolute Gasteiger partial charge is 0.194 e. The number of ether oxygens (including phenoxy) is 1. The molecule has 0 bridgehead atoms. The normalized spacial score (nSPS) is 17.2. The lowest BCUT2D eigenvalue weighted by molar-refractivity contribution is -0.00805. The standard InChI is InChI=1S/C21H26N6O.HI/c1-3-22-21(24-12-17-7-4-6-16-8-5-9-23-20(16)17)27-10-11-28-19(15-27)18-13-25-26(2)14-18;/h4-9,13-14,19H,3,10-12,15H2,1-2H3,(H,22,24);1H. The average molecular weight is 506 g/mol. The van der Waals surface area contributed by atoms with Crippen molar-refractivity contribution in [1.82, 2.24) is 25.0 Å². The van der Waals surface area contributed by atoms with Crippen LogP contribution in [-0.4, -0.2) is 51.9 Å². The number of rotatable bonds is 4. The number of morpholine rings is 1. The van der Waals surface area contributed by atoms with Crippen LogP contribution in [0.15, 0.2) is 53.9 Å². The van der Waals surface area contributed by atoms with Crippen LogP contribution in [-0.2, 0) is 18.3 Å². The van der Waals surface area contributed by atoms with Crippen LogP contribution < -0.4 is 5.32 Å². The Labute approximate surface area is 188 Å². The van der Waals surface area contributed by atoms with Gasteiger partial charge in [-0.1, -0.05) is 24.3 Å². The third kappa shape index (κ3) is 5.05. The molecule has 154 valence electrons. The number of aryl methyl sites for hydroxylation is 1. The Morgan fingerprint density at radius 1 is 1.31 bits per heavy atom. The molecule has 0 amide bonds. The molecular weight excluding hydrogens is 479 g/mol. The van der Waals surface area contributed by atoms with Gasteiger partial charge in [0.1, 0.15) is 6.10 Å². The molecule has 0 radical (unpaired) electrons. The average Bonchev–Trinajstić information content (AvgIpc) is 3.17. The SMILES string of the molecule is CCNC(=NCc1cccc2cccnc12)N1CCOC(c2cnn(C)c2)C1.I. The molecule has 1 aliphatic heterocycles. The van der Waals surface area contributed by atoms with E-state index >= 15 is 0 Å². The monoisotopic (exact) mass is 506 g/mol. The summed E-state index contributed by atoms with van der Waals surface area (Å²) in [6.45, 7) is 5.74. The highest BCUT2D eigenvalue weighted by molar-refractivity contribution is 14.0. The molecule has 3 aromatic rings. The predicted molar refractivity (Wildman–Crippen MR) is 125 cm³/mol. The second kappa shape index (κ2) is 10.0. The number of nitrogens with zero attached hydrogens (tertiary/aromatic N) is 5. The molecule has 7 nitrogen and oxygen atoms in total. The lowest BCUT2D eigenvalue weighted by Crippen LogP contribution is -2.48. The zero-order valence-corrected chi connectivity index (χ0v) is 19.1. The summed E-state index contributed by atoms with van der Waals surface area (Å²) in [5.74, 6) is 0.910. The van der Waals surface area contributed by atoms with E-state index in [1.807, 2.05) is 36.4 Å². The van der Waals surface area contributed by atoms with E-state index in [-0.39, 0.29) is 30.1 Å². The molecule has 1 fully saturated rings. The Balaban J connectivity index is 0.00000240. The predicted octanol–water partition coefficient (Wildman–Crippen LogP) is 3.13. The van der Waals surface area contributed by atoms with Crippen molar-refractivity contribution in [2.24, 2.45) is 12.0 Å². The van der Waals surface area contributed by atoms with Gasteiger partial charge < -0.3 is 15.0 Å². The summed E-state index contributed by atoms with van der Waals surface area (Å²) in [6.07, 6.45) is 5.73. The first kappa shape index (κ1) is 21.5. The molecule has 1 aromatic carbocycles. The first-order valence-corrected chi connectivity index (χ1v) is 9.70. The van der Waals surface area contributed by atoms with Gasteiger partial charge in [-0.3, -0.25) is 9.67 Å². The number of para-hydroxylation sites is 1. The van der Waals surface area contributed by atoms with E-state index in [9.17, 15) is 0 Å². The lowest BCUT2D eigenvalue weighted by Gasteiger charge is -2.34. The van der Waals surface area contributed by atoms with E-state index in [0.717, 1.165) is 47.6 Å². The summed E-state index contributed by atoms with van der Waals surface area (Å²) < 4.78 is 7.78. The molecule has 8 heteroatoms. The topological polar surface area (TPSA) is 67.6 Å². The van der Waals surface area contributed by atoms with Gasteiger partial charge in [-0.2, -0.15) is 5.10 Å². The second-order valence-corrected chi connectivity index (χ2v) is 6.92. The molecule has 0 saturated carbocycles. The molecule has 1 saturated heterocycles. The van der Waals surface area contributed by atoms with Gasteiger partial charge in [-0.25, -0.2) is 4.99 Å². The lowest BCUT2D eigenvalue weighted by atomic mass is 10.1. The van der Waals surface area contributed by atoms with Crippen molar-refractivity contribution < 1.29 is 4.74 Å². The number of aromatic nitrogens is 3. The number of hydrogen-bond acceptors (Lipinski definition) is 4. The van der Waals surface area contributed by atoms with E-state index in [1.54, 1.807) is 0 Å². The van der Waals surface area contributed by atoms with E-state index in [2.05, 4.69) is 51.5 Å². The number of hydrogen-bond donors (Lipinski definition) is 1.